The molecule has 0 fully saturated rings. The highest BCUT2D eigenvalue weighted by molar-refractivity contribution is 6.52. The van der Waals surface area contributed by atoms with Crippen LogP contribution in [-0.2, 0) is 0 Å². The molecular formula is C30H27BN6O3-. The van der Waals surface area contributed by atoms with E-state index in [0.717, 1.165) is 51.0 Å². The molecule has 0 aliphatic rings. The first-order valence-electron chi connectivity index (χ1n) is 12.7. The average Bonchev–Trinajstić information content (AvgIpc) is 3.80. The van der Waals surface area contributed by atoms with E-state index in [9.17, 15) is 0 Å². The highest BCUT2D eigenvalue weighted by Crippen LogP contribution is 2.24. The maximum atomic E-state index is 5.30. The van der Waals surface area contributed by atoms with E-state index in [4.69, 9.17) is 29.5 Å². The van der Waals surface area contributed by atoms with Crippen molar-refractivity contribution in [2.45, 2.75) is 0 Å². The summed E-state index contributed by atoms with van der Waals surface area (Å²) < 4.78 is 21.5. The van der Waals surface area contributed by atoms with Crippen molar-refractivity contribution < 1.29 is 14.2 Å². The van der Waals surface area contributed by atoms with Gasteiger partial charge in [-0.05, 0) is 110 Å². The Bertz CT molecular complexity index is 1500. The largest absolute Gasteiger partial charge is 0.497 e. The summed E-state index contributed by atoms with van der Waals surface area (Å²) in [4.78, 5) is 0. The van der Waals surface area contributed by atoms with Crippen LogP contribution < -0.4 is 14.2 Å². The molecule has 3 aromatic heterocycles. The molecule has 0 aliphatic carbocycles. The van der Waals surface area contributed by atoms with E-state index < -0.39 is 7.12 Å². The Morgan fingerprint density at radius 1 is 0.425 bits per heavy atom. The van der Waals surface area contributed by atoms with Crippen LogP contribution in [0.5, 0.6) is 17.2 Å². The van der Waals surface area contributed by atoms with Crippen molar-refractivity contribution in [2.24, 2.45) is 0 Å². The predicted octanol–water partition coefficient (Wildman–Crippen LogP) is 5.23. The first-order chi connectivity index (χ1) is 19.6. The Morgan fingerprint density at radius 3 is 0.950 bits per heavy atom. The van der Waals surface area contributed by atoms with E-state index in [-0.39, 0.29) is 0 Å². The summed E-state index contributed by atoms with van der Waals surface area (Å²) in [6.07, 6.45) is 5.81. The summed E-state index contributed by atoms with van der Waals surface area (Å²) >= 11 is 0. The first kappa shape index (κ1) is 25.1. The van der Waals surface area contributed by atoms with Crippen molar-refractivity contribution in [1.82, 2.24) is 29.1 Å². The minimum atomic E-state index is -0.481. The SMILES string of the molecule is COc1ccc(-c2ccn([B-](n3ccc(-c4ccc(OC)cc4)n3)n3ccc(-c4ccc(OC)cc4)n3)n2)cc1. The van der Waals surface area contributed by atoms with Crippen LogP contribution in [0.4, 0.5) is 0 Å². The van der Waals surface area contributed by atoms with Gasteiger partial charge >= 0.3 is 0 Å². The van der Waals surface area contributed by atoms with Crippen molar-refractivity contribution in [3.8, 4) is 51.0 Å². The summed E-state index contributed by atoms with van der Waals surface area (Å²) in [6, 6.07) is 29.5. The number of aromatic nitrogens is 6. The Morgan fingerprint density at radius 2 is 0.700 bits per heavy atom. The molecule has 10 heteroatoms. The second-order valence-corrected chi connectivity index (χ2v) is 9.07. The third kappa shape index (κ3) is 4.94. The predicted molar refractivity (Wildman–Crippen MR) is 155 cm³/mol. The molecule has 0 N–H and O–H groups in total. The number of rotatable bonds is 9. The highest BCUT2D eigenvalue weighted by Gasteiger charge is 2.15. The van der Waals surface area contributed by atoms with Crippen LogP contribution in [-0.4, -0.2) is 57.5 Å². The van der Waals surface area contributed by atoms with Crippen LogP contribution in [0.25, 0.3) is 33.8 Å². The zero-order valence-corrected chi connectivity index (χ0v) is 22.4. The fourth-order valence-corrected chi connectivity index (χ4v) is 4.51. The van der Waals surface area contributed by atoms with Gasteiger partial charge in [-0.1, -0.05) is 0 Å². The summed E-state index contributed by atoms with van der Waals surface area (Å²) in [5, 5.41) is 14.8. The quantitative estimate of drug-likeness (QED) is 0.238. The summed E-state index contributed by atoms with van der Waals surface area (Å²) in [5.74, 6) is 2.39. The van der Waals surface area contributed by atoms with Gasteiger partial charge in [0.25, 0.3) is 7.12 Å². The second-order valence-electron chi connectivity index (χ2n) is 9.07. The van der Waals surface area contributed by atoms with Gasteiger partial charge in [0.1, 0.15) is 17.2 Å². The lowest BCUT2D eigenvalue weighted by Crippen LogP contribution is -2.42. The molecule has 199 valence electrons. The van der Waals surface area contributed by atoms with Crippen LogP contribution in [0.1, 0.15) is 0 Å². The Labute approximate surface area is 232 Å². The van der Waals surface area contributed by atoms with Crippen molar-refractivity contribution >= 4 is 7.12 Å². The van der Waals surface area contributed by atoms with Gasteiger partial charge < -0.3 is 28.0 Å². The number of ether oxygens (including phenoxy) is 3. The molecule has 6 aromatic rings. The molecule has 0 unspecified atom stereocenters. The van der Waals surface area contributed by atoms with Gasteiger partial charge in [0, 0.05) is 16.7 Å². The molecule has 0 aliphatic heterocycles. The molecule has 0 saturated heterocycles. The number of methoxy groups -OCH3 is 3. The van der Waals surface area contributed by atoms with E-state index in [1.807, 2.05) is 123 Å². The lowest BCUT2D eigenvalue weighted by Gasteiger charge is -2.29. The second kappa shape index (κ2) is 10.9. The van der Waals surface area contributed by atoms with Crippen molar-refractivity contribution in [3.63, 3.8) is 0 Å². The zero-order valence-electron chi connectivity index (χ0n) is 22.4. The Hall–Kier alpha value is -5.25. The van der Waals surface area contributed by atoms with Gasteiger partial charge in [0.05, 0.1) is 38.4 Å². The highest BCUT2D eigenvalue weighted by atomic mass is 16.5. The van der Waals surface area contributed by atoms with Gasteiger partial charge in [-0.2, -0.15) is 0 Å². The molecule has 0 amide bonds. The fourth-order valence-electron chi connectivity index (χ4n) is 4.51. The molecular weight excluding hydrogens is 503 g/mol. The molecule has 0 bridgehead atoms. The third-order valence-electron chi connectivity index (χ3n) is 6.69. The summed E-state index contributed by atoms with van der Waals surface area (Å²) in [5.41, 5.74) is 5.44. The van der Waals surface area contributed by atoms with E-state index in [0.29, 0.717) is 0 Å². The molecule has 0 atom stereocenters. The zero-order chi connectivity index (χ0) is 27.5. The molecule has 0 spiro atoms. The van der Waals surface area contributed by atoms with E-state index in [1.54, 1.807) is 21.3 Å². The molecule has 6 rings (SSSR count). The normalized spacial score (nSPS) is 11.1. The van der Waals surface area contributed by atoms with Crippen molar-refractivity contribution in [3.05, 3.63) is 110 Å². The van der Waals surface area contributed by atoms with Gasteiger partial charge in [-0.15, -0.1) is 0 Å². The number of hydrogen-bond donors (Lipinski definition) is 0. The maximum absolute atomic E-state index is 5.30. The van der Waals surface area contributed by atoms with Gasteiger partial charge in [-0.25, -0.2) is 15.3 Å². The van der Waals surface area contributed by atoms with E-state index in [1.165, 1.54) is 0 Å². The lowest BCUT2D eigenvalue weighted by molar-refractivity contribution is 0.415. The van der Waals surface area contributed by atoms with E-state index >= 15 is 0 Å². The number of hydrogen-bond acceptors (Lipinski definition) is 6. The van der Waals surface area contributed by atoms with E-state index in [2.05, 4.69) is 0 Å². The van der Waals surface area contributed by atoms with Crippen molar-refractivity contribution in [2.75, 3.05) is 21.3 Å². The standard InChI is InChI=1S/C30H27BN6O3/c1-38-25-10-4-22(5-11-25)28-16-19-35(32-28)31(36-20-17-29(33-36)23-6-12-26(39-2)13-7-23)37-21-18-30(34-37)24-8-14-27(40-3)15-9-24/h4-21H,1-3H3/q-1. The van der Waals surface area contributed by atoms with Gasteiger partial charge in [-0.3, -0.25) is 0 Å². The lowest BCUT2D eigenvalue weighted by atomic mass is 9.96. The number of nitrogens with zero attached hydrogens (tertiary/aromatic N) is 6. The minimum Gasteiger partial charge on any atom is -0.497 e. The molecule has 9 nitrogen and oxygen atoms in total. The molecule has 40 heavy (non-hydrogen) atoms. The first-order valence-corrected chi connectivity index (χ1v) is 12.7. The van der Waals surface area contributed by atoms with Gasteiger partial charge in [0.2, 0.25) is 0 Å². The monoisotopic (exact) mass is 530 g/mol. The Kier molecular flexibility index (Phi) is 6.80. The van der Waals surface area contributed by atoms with Crippen molar-refractivity contribution in [1.29, 1.82) is 0 Å². The van der Waals surface area contributed by atoms with Crippen LogP contribution in [0, 0.1) is 0 Å². The number of benzene rings is 3. The molecule has 3 heterocycles. The fraction of sp³-hybridized carbons (Fsp3) is 0.100. The smallest absolute Gasteiger partial charge is 0.260 e. The topological polar surface area (TPSA) is 81.2 Å². The Balaban J connectivity index is 1.38. The van der Waals surface area contributed by atoms with Gasteiger partial charge in [0.15, 0.2) is 0 Å². The summed E-state index contributed by atoms with van der Waals surface area (Å²) in [6.45, 7) is 0. The summed E-state index contributed by atoms with van der Waals surface area (Å²) in [7, 11) is 4.49. The molecule has 0 saturated carbocycles. The van der Waals surface area contributed by atoms with Crippen LogP contribution in [0.3, 0.4) is 0 Å². The minimum absolute atomic E-state index is 0.481. The average molecular weight is 530 g/mol. The molecule has 1 radical (unpaired) electrons. The molecule has 3 aromatic carbocycles. The van der Waals surface area contributed by atoms with Crippen LogP contribution in [0.2, 0.25) is 0 Å². The van der Waals surface area contributed by atoms with Crippen LogP contribution in [0.15, 0.2) is 110 Å². The van der Waals surface area contributed by atoms with Crippen LogP contribution >= 0.6 is 0 Å². The maximum Gasteiger partial charge on any atom is 0.260 e. The third-order valence-corrected chi connectivity index (χ3v) is 6.69.